The maximum absolute atomic E-state index is 5.84. The molecular weight excluding hydrogens is 216 g/mol. The van der Waals surface area contributed by atoms with Gasteiger partial charge in [0.25, 0.3) is 0 Å². The molecule has 0 radical (unpaired) electrons. The van der Waals surface area contributed by atoms with E-state index in [1.54, 1.807) is 12.4 Å². The molecule has 0 spiro atoms. The summed E-state index contributed by atoms with van der Waals surface area (Å²) in [5.41, 5.74) is 1.17. The van der Waals surface area contributed by atoms with Gasteiger partial charge in [0.15, 0.2) is 0 Å². The fraction of sp³-hybridized carbons (Fsp3) is 0.615. The highest BCUT2D eigenvalue weighted by Crippen LogP contribution is 2.19. The molecule has 0 saturated carbocycles. The lowest BCUT2D eigenvalue weighted by atomic mass is 10.1. The van der Waals surface area contributed by atoms with Crippen LogP contribution in [0.1, 0.15) is 18.9 Å². The summed E-state index contributed by atoms with van der Waals surface area (Å²) in [5, 5.41) is 3.30. The summed E-state index contributed by atoms with van der Waals surface area (Å²) >= 11 is 0. The van der Waals surface area contributed by atoms with E-state index in [1.807, 2.05) is 6.07 Å². The van der Waals surface area contributed by atoms with Gasteiger partial charge in [0.05, 0.1) is 19.4 Å². The summed E-state index contributed by atoms with van der Waals surface area (Å²) < 4.78 is 11.2. The Kier molecular flexibility index (Phi) is 4.76. The summed E-state index contributed by atoms with van der Waals surface area (Å²) in [6.07, 6.45) is 4.70. The van der Waals surface area contributed by atoms with E-state index in [0.717, 1.165) is 45.1 Å². The van der Waals surface area contributed by atoms with Crippen LogP contribution in [0.3, 0.4) is 0 Å². The maximum Gasteiger partial charge on any atom is 0.142 e. The Morgan fingerprint density at radius 2 is 2.53 bits per heavy atom. The molecule has 1 N–H and O–H groups in total. The van der Waals surface area contributed by atoms with Gasteiger partial charge in [-0.1, -0.05) is 6.92 Å². The molecule has 94 valence electrons. The Morgan fingerprint density at radius 3 is 3.29 bits per heavy atom. The average molecular weight is 236 g/mol. The zero-order valence-corrected chi connectivity index (χ0v) is 10.3. The quantitative estimate of drug-likeness (QED) is 0.815. The summed E-state index contributed by atoms with van der Waals surface area (Å²) in [6.45, 7) is 6.30. The van der Waals surface area contributed by atoms with Crippen molar-refractivity contribution in [1.82, 2.24) is 10.3 Å². The fourth-order valence-corrected chi connectivity index (χ4v) is 1.87. The third kappa shape index (κ3) is 3.68. The topological polar surface area (TPSA) is 43.4 Å². The Balaban J connectivity index is 1.89. The van der Waals surface area contributed by atoms with Gasteiger partial charge in [0.2, 0.25) is 0 Å². The molecule has 1 fully saturated rings. The highest BCUT2D eigenvalue weighted by Gasteiger charge is 2.16. The van der Waals surface area contributed by atoms with Crippen molar-refractivity contribution < 1.29 is 9.47 Å². The second kappa shape index (κ2) is 6.57. The van der Waals surface area contributed by atoms with Crippen molar-refractivity contribution >= 4 is 0 Å². The Morgan fingerprint density at radius 1 is 1.59 bits per heavy atom. The van der Waals surface area contributed by atoms with E-state index in [0.29, 0.717) is 5.92 Å². The third-order valence-electron chi connectivity index (χ3n) is 2.93. The number of pyridine rings is 1. The number of nitrogens with zero attached hydrogens (tertiary/aromatic N) is 1. The van der Waals surface area contributed by atoms with Crippen molar-refractivity contribution in [3.05, 3.63) is 24.0 Å². The Labute approximate surface area is 102 Å². The van der Waals surface area contributed by atoms with E-state index < -0.39 is 0 Å². The molecule has 4 heteroatoms. The Bertz CT molecular complexity index is 338. The SMILES string of the molecule is CCNCc1ccncc1OCC1CCOC1. The fourth-order valence-electron chi connectivity index (χ4n) is 1.87. The second-order valence-corrected chi connectivity index (χ2v) is 4.30. The van der Waals surface area contributed by atoms with Crippen LogP contribution < -0.4 is 10.1 Å². The molecule has 1 aromatic heterocycles. The van der Waals surface area contributed by atoms with E-state index in [2.05, 4.69) is 17.2 Å². The highest BCUT2D eigenvalue weighted by molar-refractivity contribution is 5.29. The van der Waals surface area contributed by atoms with Crippen LogP contribution >= 0.6 is 0 Å². The van der Waals surface area contributed by atoms with Crippen LogP contribution in [0.4, 0.5) is 0 Å². The number of ether oxygens (including phenoxy) is 2. The van der Waals surface area contributed by atoms with Crippen LogP contribution in [-0.2, 0) is 11.3 Å². The molecule has 2 rings (SSSR count). The first-order chi connectivity index (χ1) is 8.40. The molecule has 1 saturated heterocycles. The molecular formula is C13H20N2O2. The van der Waals surface area contributed by atoms with Gasteiger partial charge < -0.3 is 14.8 Å². The standard InChI is InChI=1S/C13H20N2O2/c1-2-14-7-12-3-5-15-8-13(12)17-10-11-4-6-16-9-11/h3,5,8,11,14H,2,4,6-7,9-10H2,1H3. The molecule has 1 atom stereocenters. The van der Waals surface area contributed by atoms with Gasteiger partial charge >= 0.3 is 0 Å². The molecule has 0 amide bonds. The van der Waals surface area contributed by atoms with E-state index >= 15 is 0 Å². The molecule has 4 nitrogen and oxygen atoms in total. The highest BCUT2D eigenvalue weighted by atomic mass is 16.5. The number of hydrogen-bond acceptors (Lipinski definition) is 4. The second-order valence-electron chi connectivity index (χ2n) is 4.30. The van der Waals surface area contributed by atoms with E-state index in [-0.39, 0.29) is 0 Å². The summed E-state index contributed by atoms with van der Waals surface area (Å²) in [5.74, 6) is 1.42. The molecule has 1 aliphatic heterocycles. The minimum absolute atomic E-state index is 0.530. The van der Waals surface area contributed by atoms with Gasteiger partial charge in [-0.15, -0.1) is 0 Å². The number of nitrogens with one attached hydrogen (secondary N) is 1. The molecule has 0 bridgehead atoms. The van der Waals surface area contributed by atoms with Gasteiger partial charge in [0.1, 0.15) is 5.75 Å². The minimum atomic E-state index is 0.530. The molecule has 0 aromatic carbocycles. The minimum Gasteiger partial charge on any atom is -0.491 e. The Hall–Kier alpha value is -1.13. The van der Waals surface area contributed by atoms with E-state index in [1.165, 1.54) is 5.56 Å². The summed E-state index contributed by atoms with van der Waals surface area (Å²) in [7, 11) is 0. The molecule has 2 heterocycles. The lowest BCUT2D eigenvalue weighted by molar-refractivity contribution is 0.166. The lowest BCUT2D eigenvalue weighted by Gasteiger charge is -2.13. The van der Waals surface area contributed by atoms with Crippen molar-refractivity contribution in [2.45, 2.75) is 19.9 Å². The van der Waals surface area contributed by atoms with Gasteiger partial charge in [-0.2, -0.15) is 0 Å². The van der Waals surface area contributed by atoms with E-state index in [4.69, 9.17) is 9.47 Å². The molecule has 1 aliphatic rings. The van der Waals surface area contributed by atoms with Crippen molar-refractivity contribution in [3.8, 4) is 5.75 Å². The van der Waals surface area contributed by atoms with Crippen LogP contribution in [0.25, 0.3) is 0 Å². The molecule has 17 heavy (non-hydrogen) atoms. The first-order valence-corrected chi connectivity index (χ1v) is 6.24. The maximum atomic E-state index is 5.84. The summed E-state index contributed by atoms with van der Waals surface area (Å²) in [6, 6.07) is 2.00. The van der Waals surface area contributed by atoms with E-state index in [9.17, 15) is 0 Å². The van der Waals surface area contributed by atoms with Crippen LogP contribution in [0.15, 0.2) is 18.5 Å². The van der Waals surface area contributed by atoms with Gasteiger partial charge in [-0.3, -0.25) is 4.98 Å². The first-order valence-electron chi connectivity index (χ1n) is 6.24. The zero-order valence-electron chi connectivity index (χ0n) is 10.3. The van der Waals surface area contributed by atoms with Crippen LogP contribution in [0.2, 0.25) is 0 Å². The van der Waals surface area contributed by atoms with Crippen LogP contribution in [-0.4, -0.2) is 31.3 Å². The monoisotopic (exact) mass is 236 g/mol. The van der Waals surface area contributed by atoms with Gasteiger partial charge in [-0.05, 0) is 19.0 Å². The number of aromatic nitrogens is 1. The van der Waals surface area contributed by atoms with Crippen LogP contribution in [0.5, 0.6) is 5.75 Å². The lowest BCUT2D eigenvalue weighted by Crippen LogP contribution is -2.15. The van der Waals surface area contributed by atoms with Crippen molar-refractivity contribution in [3.63, 3.8) is 0 Å². The molecule has 1 unspecified atom stereocenters. The third-order valence-corrected chi connectivity index (χ3v) is 2.93. The zero-order chi connectivity index (χ0) is 11.9. The van der Waals surface area contributed by atoms with Crippen molar-refractivity contribution in [2.75, 3.05) is 26.4 Å². The van der Waals surface area contributed by atoms with Gasteiger partial charge in [0, 0.05) is 30.8 Å². The normalized spacial score (nSPS) is 19.5. The largest absolute Gasteiger partial charge is 0.491 e. The molecule has 0 aliphatic carbocycles. The first kappa shape index (κ1) is 12.3. The van der Waals surface area contributed by atoms with Crippen molar-refractivity contribution in [1.29, 1.82) is 0 Å². The van der Waals surface area contributed by atoms with Crippen molar-refractivity contribution in [2.24, 2.45) is 5.92 Å². The summed E-state index contributed by atoms with van der Waals surface area (Å²) in [4.78, 5) is 4.11. The molecule has 1 aromatic rings. The number of hydrogen-bond donors (Lipinski definition) is 1. The van der Waals surface area contributed by atoms with Gasteiger partial charge in [-0.25, -0.2) is 0 Å². The number of rotatable bonds is 6. The smallest absolute Gasteiger partial charge is 0.142 e. The van der Waals surface area contributed by atoms with Crippen LogP contribution in [0, 0.1) is 5.92 Å². The average Bonchev–Trinajstić information content (AvgIpc) is 2.88. The predicted octanol–water partition coefficient (Wildman–Crippen LogP) is 1.61. The predicted molar refractivity (Wildman–Crippen MR) is 66.0 cm³/mol.